The maximum absolute atomic E-state index is 11.5. The van der Waals surface area contributed by atoms with E-state index in [0.717, 1.165) is 22.4 Å². The van der Waals surface area contributed by atoms with E-state index in [1.54, 1.807) is 7.11 Å². The number of hydrogen-bond donors (Lipinski definition) is 2. The number of methoxy groups -OCH3 is 1. The first kappa shape index (κ1) is 15.0. The summed E-state index contributed by atoms with van der Waals surface area (Å²) in [6.07, 6.45) is 0.869. The highest BCUT2D eigenvalue weighted by Gasteiger charge is 2.09. The molecule has 0 unspecified atom stereocenters. The Hall–Kier alpha value is -2.04. The standard InChI is InChI=1S/C14H19NO4/c1-9-6-11(19-3)7-10(2)12(9)4-5-13(16)15-8-14(17)18/h6-7H,4-5,8H2,1-3H3,(H,15,16)(H,17,18). The average molecular weight is 265 g/mol. The summed E-state index contributed by atoms with van der Waals surface area (Å²) in [6.45, 7) is 3.61. The van der Waals surface area contributed by atoms with E-state index in [-0.39, 0.29) is 18.9 Å². The predicted octanol–water partition coefficient (Wildman–Crippen LogP) is 1.45. The summed E-state index contributed by atoms with van der Waals surface area (Å²) in [4.78, 5) is 21.8. The molecule has 5 nitrogen and oxygen atoms in total. The molecule has 2 N–H and O–H groups in total. The molecule has 0 aromatic heterocycles. The molecule has 0 saturated heterocycles. The van der Waals surface area contributed by atoms with Crippen LogP contribution in [0.1, 0.15) is 23.1 Å². The van der Waals surface area contributed by atoms with Gasteiger partial charge in [-0.05, 0) is 49.1 Å². The van der Waals surface area contributed by atoms with Gasteiger partial charge in [-0.25, -0.2) is 0 Å². The first-order chi connectivity index (χ1) is 8.93. The van der Waals surface area contributed by atoms with Crippen LogP contribution in [0.5, 0.6) is 5.75 Å². The Morgan fingerprint density at radius 2 is 1.84 bits per heavy atom. The fourth-order valence-corrected chi connectivity index (χ4v) is 1.97. The molecule has 0 spiro atoms. The molecule has 0 aliphatic carbocycles. The highest BCUT2D eigenvalue weighted by molar-refractivity contribution is 5.81. The van der Waals surface area contributed by atoms with Gasteiger partial charge in [0, 0.05) is 6.42 Å². The Morgan fingerprint density at radius 3 is 2.32 bits per heavy atom. The SMILES string of the molecule is COc1cc(C)c(CCC(=O)NCC(=O)O)c(C)c1. The molecule has 5 heteroatoms. The molecular weight excluding hydrogens is 246 g/mol. The van der Waals surface area contributed by atoms with Crippen LogP contribution in [-0.2, 0) is 16.0 Å². The molecule has 1 aromatic carbocycles. The molecule has 0 heterocycles. The van der Waals surface area contributed by atoms with Gasteiger partial charge in [-0.15, -0.1) is 0 Å². The Kier molecular flexibility index (Phi) is 5.36. The summed E-state index contributed by atoms with van der Waals surface area (Å²) in [7, 11) is 1.62. The maximum atomic E-state index is 11.5. The first-order valence-electron chi connectivity index (χ1n) is 6.06. The summed E-state index contributed by atoms with van der Waals surface area (Å²) >= 11 is 0. The largest absolute Gasteiger partial charge is 0.497 e. The van der Waals surface area contributed by atoms with Crippen molar-refractivity contribution in [1.29, 1.82) is 0 Å². The molecule has 0 aliphatic heterocycles. The Labute approximate surface area is 112 Å². The van der Waals surface area contributed by atoms with Crippen molar-refractivity contribution in [1.82, 2.24) is 5.32 Å². The van der Waals surface area contributed by atoms with Crippen molar-refractivity contribution in [2.75, 3.05) is 13.7 Å². The van der Waals surface area contributed by atoms with Crippen LogP contribution in [0.2, 0.25) is 0 Å². The van der Waals surface area contributed by atoms with Crippen LogP contribution in [0.4, 0.5) is 0 Å². The predicted molar refractivity (Wildman–Crippen MR) is 71.4 cm³/mol. The summed E-state index contributed by atoms with van der Waals surface area (Å²) < 4.78 is 5.18. The van der Waals surface area contributed by atoms with Crippen molar-refractivity contribution in [2.45, 2.75) is 26.7 Å². The Bertz CT molecular complexity index is 459. The molecule has 0 fully saturated rings. The highest BCUT2D eigenvalue weighted by Crippen LogP contribution is 2.22. The van der Waals surface area contributed by atoms with E-state index in [0.29, 0.717) is 6.42 Å². The van der Waals surface area contributed by atoms with Gasteiger partial charge in [-0.1, -0.05) is 0 Å². The molecule has 0 atom stereocenters. The molecule has 104 valence electrons. The fourth-order valence-electron chi connectivity index (χ4n) is 1.97. The fraction of sp³-hybridized carbons (Fsp3) is 0.429. The van der Waals surface area contributed by atoms with Gasteiger partial charge in [0.25, 0.3) is 0 Å². The van der Waals surface area contributed by atoms with Crippen molar-refractivity contribution >= 4 is 11.9 Å². The molecule has 1 amide bonds. The van der Waals surface area contributed by atoms with Crippen LogP contribution in [0.15, 0.2) is 12.1 Å². The zero-order valence-corrected chi connectivity index (χ0v) is 11.4. The number of benzene rings is 1. The van der Waals surface area contributed by atoms with Gasteiger partial charge >= 0.3 is 5.97 Å². The third kappa shape index (κ3) is 4.62. The van der Waals surface area contributed by atoms with Crippen LogP contribution in [0.3, 0.4) is 0 Å². The van der Waals surface area contributed by atoms with Crippen molar-refractivity contribution in [3.05, 3.63) is 28.8 Å². The quantitative estimate of drug-likeness (QED) is 0.816. The zero-order chi connectivity index (χ0) is 14.4. The molecule has 0 radical (unpaired) electrons. The minimum absolute atomic E-state index is 0.253. The number of ether oxygens (including phenoxy) is 1. The number of carboxylic acid groups (broad SMARTS) is 1. The van der Waals surface area contributed by atoms with Gasteiger partial charge in [0.15, 0.2) is 0 Å². The lowest BCUT2D eigenvalue weighted by atomic mass is 9.98. The Morgan fingerprint density at radius 1 is 1.26 bits per heavy atom. The first-order valence-corrected chi connectivity index (χ1v) is 6.06. The van der Waals surface area contributed by atoms with Gasteiger partial charge in [0.1, 0.15) is 12.3 Å². The van der Waals surface area contributed by atoms with E-state index >= 15 is 0 Å². The number of carbonyl (C=O) groups is 2. The molecular formula is C14H19NO4. The molecule has 1 aromatic rings. The van der Waals surface area contributed by atoms with Crippen LogP contribution in [0, 0.1) is 13.8 Å². The molecule has 0 bridgehead atoms. The zero-order valence-electron chi connectivity index (χ0n) is 11.4. The second-order valence-electron chi connectivity index (χ2n) is 4.41. The van der Waals surface area contributed by atoms with E-state index in [2.05, 4.69) is 5.32 Å². The van der Waals surface area contributed by atoms with Crippen molar-refractivity contribution in [3.8, 4) is 5.75 Å². The molecule has 0 aliphatic rings. The lowest BCUT2D eigenvalue weighted by Crippen LogP contribution is -2.29. The third-order valence-corrected chi connectivity index (χ3v) is 2.94. The van der Waals surface area contributed by atoms with Gasteiger partial charge in [0.2, 0.25) is 5.91 Å². The topological polar surface area (TPSA) is 75.6 Å². The third-order valence-electron chi connectivity index (χ3n) is 2.94. The van der Waals surface area contributed by atoms with E-state index in [1.165, 1.54) is 0 Å². The number of aliphatic carboxylic acids is 1. The van der Waals surface area contributed by atoms with E-state index in [9.17, 15) is 9.59 Å². The van der Waals surface area contributed by atoms with Crippen molar-refractivity contribution in [2.24, 2.45) is 0 Å². The number of hydrogen-bond acceptors (Lipinski definition) is 3. The molecule has 1 rings (SSSR count). The monoisotopic (exact) mass is 265 g/mol. The van der Waals surface area contributed by atoms with Crippen LogP contribution < -0.4 is 10.1 Å². The minimum Gasteiger partial charge on any atom is -0.497 e. The number of carboxylic acids is 1. The van der Waals surface area contributed by atoms with Gasteiger partial charge < -0.3 is 15.2 Å². The van der Waals surface area contributed by atoms with Crippen LogP contribution in [-0.4, -0.2) is 30.6 Å². The summed E-state index contributed by atoms with van der Waals surface area (Å²) in [5, 5.41) is 10.8. The van der Waals surface area contributed by atoms with E-state index in [1.807, 2.05) is 26.0 Å². The number of carbonyl (C=O) groups excluding carboxylic acids is 1. The summed E-state index contributed by atoms with van der Waals surface area (Å²) in [5.41, 5.74) is 3.25. The smallest absolute Gasteiger partial charge is 0.322 e. The molecule has 19 heavy (non-hydrogen) atoms. The number of rotatable bonds is 6. The number of nitrogens with one attached hydrogen (secondary N) is 1. The van der Waals surface area contributed by atoms with Crippen molar-refractivity contribution in [3.63, 3.8) is 0 Å². The minimum atomic E-state index is -1.04. The average Bonchev–Trinajstić information content (AvgIpc) is 2.34. The normalized spacial score (nSPS) is 10.1. The molecule has 0 saturated carbocycles. The van der Waals surface area contributed by atoms with Gasteiger partial charge in [-0.3, -0.25) is 9.59 Å². The van der Waals surface area contributed by atoms with E-state index < -0.39 is 5.97 Å². The van der Waals surface area contributed by atoms with Crippen LogP contribution >= 0.6 is 0 Å². The van der Waals surface area contributed by atoms with Crippen LogP contribution in [0.25, 0.3) is 0 Å². The maximum Gasteiger partial charge on any atom is 0.322 e. The number of aryl methyl sites for hydroxylation is 2. The summed E-state index contributed by atoms with van der Waals surface area (Å²) in [5.74, 6) is -0.490. The lowest BCUT2D eigenvalue weighted by Gasteiger charge is -2.12. The second-order valence-corrected chi connectivity index (χ2v) is 4.41. The van der Waals surface area contributed by atoms with Gasteiger partial charge in [-0.2, -0.15) is 0 Å². The second kappa shape index (κ2) is 6.78. The number of amides is 1. The van der Waals surface area contributed by atoms with Crippen molar-refractivity contribution < 1.29 is 19.4 Å². The highest BCUT2D eigenvalue weighted by atomic mass is 16.5. The lowest BCUT2D eigenvalue weighted by molar-refractivity contribution is -0.137. The Balaban J connectivity index is 2.63. The summed E-state index contributed by atoms with van der Waals surface area (Å²) in [6, 6.07) is 3.86. The van der Waals surface area contributed by atoms with Gasteiger partial charge in [0.05, 0.1) is 7.11 Å². The van der Waals surface area contributed by atoms with E-state index in [4.69, 9.17) is 9.84 Å².